The van der Waals surface area contributed by atoms with Crippen LogP contribution in [0.15, 0.2) is 273 Å². The molecule has 74 heavy (non-hydrogen) atoms. The highest BCUT2D eigenvalue weighted by molar-refractivity contribution is 6.14. The third-order valence-electron chi connectivity index (χ3n) is 16.3. The van der Waals surface area contributed by atoms with E-state index in [9.17, 15) is 0 Å². The van der Waals surface area contributed by atoms with E-state index >= 15 is 0 Å². The number of anilines is 6. The van der Waals surface area contributed by atoms with Gasteiger partial charge in [-0.1, -0.05) is 212 Å². The summed E-state index contributed by atoms with van der Waals surface area (Å²) in [5.41, 5.74) is 17.3. The number of benzene rings is 13. The van der Waals surface area contributed by atoms with Crippen LogP contribution in [0.3, 0.4) is 0 Å². The molecule has 1 aromatic heterocycles. The third kappa shape index (κ3) is 5.61. The van der Waals surface area contributed by atoms with Crippen LogP contribution in [0.25, 0.3) is 81.7 Å². The van der Waals surface area contributed by atoms with Crippen molar-refractivity contribution in [2.45, 2.75) is 5.41 Å². The monoisotopic (exact) mass is 939 g/mol. The van der Waals surface area contributed by atoms with E-state index in [2.05, 4.69) is 287 Å². The van der Waals surface area contributed by atoms with Crippen LogP contribution in [0.5, 0.6) is 0 Å². The summed E-state index contributed by atoms with van der Waals surface area (Å²) in [5.74, 6) is 0. The fourth-order valence-corrected chi connectivity index (χ4v) is 13.3. The van der Waals surface area contributed by atoms with Gasteiger partial charge in [0, 0.05) is 43.7 Å². The predicted octanol–water partition coefficient (Wildman–Crippen LogP) is 19.0. The number of para-hydroxylation sites is 3. The van der Waals surface area contributed by atoms with Crippen molar-refractivity contribution in [2.24, 2.45) is 0 Å². The normalized spacial score (nSPS) is 13.0. The van der Waals surface area contributed by atoms with E-state index in [1.807, 2.05) is 0 Å². The minimum atomic E-state index is -0.733. The third-order valence-corrected chi connectivity index (χ3v) is 16.3. The molecule has 0 saturated carbocycles. The molecule has 1 aliphatic carbocycles. The van der Waals surface area contributed by atoms with Crippen LogP contribution >= 0.6 is 0 Å². The van der Waals surface area contributed by atoms with Crippen molar-refractivity contribution in [1.29, 1.82) is 0 Å². The fraction of sp³-hybridized carbons (Fsp3) is 0.0141. The van der Waals surface area contributed by atoms with E-state index in [4.69, 9.17) is 0 Å². The molecule has 0 bridgehead atoms. The first-order valence-electron chi connectivity index (χ1n) is 25.7. The summed E-state index contributed by atoms with van der Waals surface area (Å²) >= 11 is 0. The Morgan fingerprint density at radius 3 is 1.12 bits per heavy atom. The van der Waals surface area contributed by atoms with Crippen molar-refractivity contribution in [3.63, 3.8) is 0 Å². The number of aromatic nitrogens is 1. The Bertz CT molecular complexity index is 4260. The topological polar surface area (TPSA) is 11.4 Å². The van der Waals surface area contributed by atoms with Gasteiger partial charge in [0.1, 0.15) is 0 Å². The minimum absolute atomic E-state index is 0.733. The summed E-state index contributed by atoms with van der Waals surface area (Å²) < 4.78 is 2.54. The molecule has 1 aliphatic heterocycles. The number of fused-ring (bicyclic) bond motifs is 16. The maximum absolute atomic E-state index is 2.54. The zero-order valence-electron chi connectivity index (χ0n) is 40.3. The molecular formula is C71H45N3. The van der Waals surface area contributed by atoms with E-state index in [1.54, 1.807) is 0 Å². The first kappa shape index (κ1) is 41.0. The quantitative estimate of drug-likeness (QED) is 0.165. The zero-order chi connectivity index (χ0) is 48.5. The molecule has 0 atom stereocenters. The Morgan fingerprint density at radius 2 is 0.635 bits per heavy atom. The summed E-state index contributed by atoms with van der Waals surface area (Å²) in [5, 5.41) is 12.1. The van der Waals surface area contributed by atoms with Crippen LogP contribution in [0.2, 0.25) is 0 Å². The second kappa shape index (κ2) is 15.6. The molecule has 14 aromatic rings. The van der Waals surface area contributed by atoms with Gasteiger partial charge in [-0.05, 0) is 116 Å². The Morgan fingerprint density at radius 1 is 0.270 bits per heavy atom. The average molecular weight is 940 g/mol. The van der Waals surface area contributed by atoms with Gasteiger partial charge in [0.2, 0.25) is 0 Å². The van der Waals surface area contributed by atoms with Gasteiger partial charge in [-0.2, -0.15) is 0 Å². The predicted molar refractivity (Wildman–Crippen MR) is 311 cm³/mol. The Kier molecular flexibility index (Phi) is 8.66. The molecule has 2 aliphatic rings. The Hall–Kier alpha value is -9.70. The van der Waals surface area contributed by atoms with E-state index < -0.39 is 5.41 Å². The molecule has 3 nitrogen and oxygen atoms in total. The Balaban J connectivity index is 1.04. The second-order valence-corrected chi connectivity index (χ2v) is 19.9. The molecule has 0 unspecified atom stereocenters. The summed E-state index contributed by atoms with van der Waals surface area (Å²) in [7, 11) is 0. The number of nitrogens with zero attached hydrogens (tertiary/aromatic N) is 3. The standard InChI is InChI=1S/C71H45N3/c1-5-26-52-46(18-1)22-13-36-64(52)72(65-37-14-23-47-19-2-6-27-53(47)65)50-40-42-56-57-43-41-51(73(66-38-15-24-48-20-3-7-28-54(48)66)67-39-16-25-49-21-4-8-29-55(49)67)45-63(57)71(62(56)44-50)60-32-10-12-35-69(60)74-68-34-11-9-30-58(68)59-31-17-33-61(71)70(59)74/h1-45H. The van der Waals surface area contributed by atoms with E-state index in [-0.39, 0.29) is 0 Å². The summed E-state index contributed by atoms with van der Waals surface area (Å²) in [6, 6.07) is 102. The molecule has 0 amide bonds. The molecular weight excluding hydrogens is 895 g/mol. The number of hydrogen-bond donors (Lipinski definition) is 0. The fourth-order valence-electron chi connectivity index (χ4n) is 13.3. The van der Waals surface area contributed by atoms with Crippen molar-refractivity contribution in [2.75, 3.05) is 9.80 Å². The minimum Gasteiger partial charge on any atom is -0.309 e. The van der Waals surface area contributed by atoms with Gasteiger partial charge >= 0.3 is 0 Å². The highest BCUT2D eigenvalue weighted by Gasteiger charge is 2.51. The van der Waals surface area contributed by atoms with Crippen molar-refractivity contribution in [3.8, 4) is 16.8 Å². The maximum atomic E-state index is 2.54. The molecule has 13 aromatic carbocycles. The van der Waals surface area contributed by atoms with Crippen LogP contribution < -0.4 is 9.80 Å². The van der Waals surface area contributed by atoms with Gasteiger partial charge in [-0.25, -0.2) is 0 Å². The van der Waals surface area contributed by atoms with E-state index in [0.29, 0.717) is 0 Å². The smallest absolute Gasteiger partial charge is 0.0756 e. The van der Waals surface area contributed by atoms with Gasteiger partial charge in [-0.15, -0.1) is 0 Å². The zero-order valence-corrected chi connectivity index (χ0v) is 40.3. The summed E-state index contributed by atoms with van der Waals surface area (Å²) in [4.78, 5) is 5.03. The largest absolute Gasteiger partial charge is 0.309 e. The average Bonchev–Trinajstić information content (AvgIpc) is 3.96. The van der Waals surface area contributed by atoms with Gasteiger partial charge in [-0.3, -0.25) is 0 Å². The molecule has 0 saturated heterocycles. The SMILES string of the molecule is c1ccc2c(c1)-n1c3ccccc3c3cccc(c31)C21c2cc(N(c3cccc4ccccc34)c3cccc4ccccc34)ccc2-c2ccc(N(c3cccc4ccccc34)c3cccc4ccccc34)cc21. The maximum Gasteiger partial charge on any atom is 0.0756 e. The van der Waals surface area contributed by atoms with Crippen LogP contribution in [0.1, 0.15) is 22.3 Å². The molecule has 344 valence electrons. The lowest BCUT2D eigenvalue weighted by Crippen LogP contribution is -2.33. The molecule has 2 heterocycles. The van der Waals surface area contributed by atoms with Crippen LogP contribution in [-0.2, 0) is 5.41 Å². The molecule has 0 fully saturated rings. The summed E-state index contributed by atoms with van der Waals surface area (Å²) in [6.07, 6.45) is 0. The second-order valence-electron chi connectivity index (χ2n) is 19.9. The van der Waals surface area contributed by atoms with Crippen molar-refractivity contribution in [3.05, 3.63) is 295 Å². The van der Waals surface area contributed by atoms with Crippen molar-refractivity contribution < 1.29 is 0 Å². The molecule has 0 radical (unpaired) electrons. The van der Waals surface area contributed by atoms with Gasteiger partial charge in [0.15, 0.2) is 0 Å². The first-order valence-corrected chi connectivity index (χ1v) is 25.7. The number of rotatable bonds is 6. The Labute approximate surface area is 428 Å². The van der Waals surface area contributed by atoms with Crippen LogP contribution in [-0.4, -0.2) is 4.57 Å². The lowest BCUT2D eigenvalue weighted by Gasteiger charge is -2.40. The highest BCUT2D eigenvalue weighted by Crippen LogP contribution is 2.63. The molecule has 0 N–H and O–H groups in total. The lowest BCUT2D eigenvalue weighted by atomic mass is 9.65. The first-order chi connectivity index (χ1) is 36.7. The van der Waals surface area contributed by atoms with Crippen molar-refractivity contribution in [1.82, 2.24) is 4.57 Å². The highest BCUT2D eigenvalue weighted by atomic mass is 15.2. The molecule has 3 heteroatoms. The van der Waals surface area contributed by atoms with Crippen molar-refractivity contribution >= 4 is 99.0 Å². The molecule has 1 spiro atoms. The molecule has 16 rings (SSSR count). The van der Waals surface area contributed by atoms with Gasteiger partial charge < -0.3 is 14.4 Å². The van der Waals surface area contributed by atoms with Crippen LogP contribution in [0.4, 0.5) is 34.1 Å². The van der Waals surface area contributed by atoms with Gasteiger partial charge in [0.25, 0.3) is 0 Å². The van der Waals surface area contributed by atoms with Gasteiger partial charge in [0.05, 0.1) is 44.9 Å². The van der Waals surface area contributed by atoms with E-state index in [0.717, 1.165) is 34.1 Å². The van der Waals surface area contributed by atoms with E-state index in [1.165, 1.54) is 104 Å². The number of hydrogen-bond acceptors (Lipinski definition) is 2. The summed E-state index contributed by atoms with van der Waals surface area (Å²) in [6.45, 7) is 0. The van der Waals surface area contributed by atoms with Crippen LogP contribution in [0, 0.1) is 0 Å². The lowest BCUT2D eigenvalue weighted by molar-refractivity contribution is 0.748.